The summed E-state index contributed by atoms with van der Waals surface area (Å²) >= 11 is 6.11. The quantitative estimate of drug-likeness (QED) is 0.719. The normalized spacial score (nSPS) is 12.8. The highest BCUT2D eigenvalue weighted by molar-refractivity contribution is 6.31. The van der Waals surface area contributed by atoms with Crippen molar-refractivity contribution in [2.24, 2.45) is 0 Å². The first kappa shape index (κ1) is 21.6. The highest BCUT2D eigenvalue weighted by Gasteiger charge is 2.13. The molecular weight excluding hydrogens is 361 g/mol. The van der Waals surface area contributed by atoms with Crippen LogP contribution in [0.2, 0.25) is 5.02 Å². The Morgan fingerprint density at radius 2 is 1.76 bits per heavy atom. The molecule has 4 nitrogen and oxygen atoms in total. The number of aliphatic hydroxyl groups is 1. The highest BCUT2D eigenvalue weighted by Crippen LogP contribution is 2.28. The summed E-state index contributed by atoms with van der Waals surface area (Å²) in [5.41, 5.74) is 1.88. The van der Waals surface area contributed by atoms with E-state index in [1.54, 1.807) is 20.3 Å². The van der Waals surface area contributed by atoms with Gasteiger partial charge in [-0.2, -0.15) is 0 Å². The van der Waals surface area contributed by atoms with Gasteiger partial charge in [-0.3, -0.25) is 0 Å². The molecule has 2 unspecified atom stereocenters. The minimum atomic E-state index is -0.633. The van der Waals surface area contributed by atoms with Crippen LogP contribution in [0.4, 0.5) is 0 Å². The van der Waals surface area contributed by atoms with Crippen LogP contribution in [-0.2, 0) is 6.42 Å². The van der Waals surface area contributed by atoms with Crippen LogP contribution < -0.4 is 14.8 Å². The lowest BCUT2D eigenvalue weighted by Crippen LogP contribution is -2.32. The van der Waals surface area contributed by atoms with Crippen molar-refractivity contribution in [3.63, 3.8) is 0 Å². The average molecular weight is 386 g/mol. The second-order valence-corrected chi connectivity index (χ2v) is 6.15. The molecule has 2 atom stereocenters. The van der Waals surface area contributed by atoms with E-state index in [4.69, 9.17) is 21.1 Å². The second kappa shape index (κ2) is 10.5. The Morgan fingerprint density at radius 1 is 1.08 bits per heavy atom. The number of ether oxygens (including phenoxy) is 2. The van der Waals surface area contributed by atoms with E-state index in [2.05, 4.69) is 12.2 Å². The average Bonchev–Trinajstić information content (AvgIpc) is 2.60. The smallest absolute Gasteiger partial charge is 0.160 e. The number of nitrogens with one attached hydrogen (secondary N) is 1. The monoisotopic (exact) mass is 385 g/mol. The van der Waals surface area contributed by atoms with E-state index in [0.717, 1.165) is 29.0 Å². The molecule has 0 amide bonds. The summed E-state index contributed by atoms with van der Waals surface area (Å²) in [5, 5.41) is 14.2. The molecule has 25 heavy (non-hydrogen) atoms. The molecule has 0 aliphatic heterocycles. The predicted octanol–water partition coefficient (Wildman–Crippen LogP) is 4.03. The molecule has 2 N–H and O–H groups in total. The number of hydrogen-bond donors (Lipinski definition) is 2. The van der Waals surface area contributed by atoms with Crippen molar-refractivity contribution in [1.29, 1.82) is 0 Å². The fourth-order valence-electron chi connectivity index (χ4n) is 2.60. The molecule has 0 saturated heterocycles. The summed E-state index contributed by atoms with van der Waals surface area (Å²) in [4.78, 5) is 0. The first-order valence-corrected chi connectivity index (χ1v) is 8.29. The fraction of sp³-hybridized carbons (Fsp3) is 0.368. The minimum absolute atomic E-state index is 0. The van der Waals surface area contributed by atoms with Gasteiger partial charge in [0, 0.05) is 23.2 Å². The first-order chi connectivity index (χ1) is 11.5. The minimum Gasteiger partial charge on any atom is -0.493 e. The van der Waals surface area contributed by atoms with Crippen LogP contribution in [-0.4, -0.2) is 31.9 Å². The molecule has 2 aromatic carbocycles. The molecule has 0 fully saturated rings. The van der Waals surface area contributed by atoms with E-state index < -0.39 is 6.10 Å². The summed E-state index contributed by atoms with van der Waals surface area (Å²) in [6.45, 7) is 2.52. The predicted molar refractivity (Wildman–Crippen MR) is 104 cm³/mol. The second-order valence-electron chi connectivity index (χ2n) is 5.74. The summed E-state index contributed by atoms with van der Waals surface area (Å²) in [7, 11) is 3.25. The summed E-state index contributed by atoms with van der Waals surface area (Å²) in [6, 6.07) is 13.4. The molecule has 2 aromatic rings. The van der Waals surface area contributed by atoms with Gasteiger partial charge in [-0.05, 0) is 37.1 Å². The maximum Gasteiger partial charge on any atom is 0.160 e. The van der Waals surface area contributed by atoms with Crippen molar-refractivity contribution in [2.45, 2.75) is 25.5 Å². The van der Waals surface area contributed by atoms with Gasteiger partial charge in [-0.15, -0.1) is 12.4 Å². The Labute approximate surface area is 160 Å². The maximum atomic E-state index is 10.3. The van der Waals surface area contributed by atoms with Crippen LogP contribution in [0.15, 0.2) is 42.5 Å². The van der Waals surface area contributed by atoms with Gasteiger partial charge in [0.2, 0.25) is 0 Å². The largest absolute Gasteiger partial charge is 0.493 e. The van der Waals surface area contributed by atoms with E-state index in [0.29, 0.717) is 11.6 Å². The van der Waals surface area contributed by atoms with Crippen LogP contribution in [0, 0.1) is 0 Å². The van der Waals surface area contributed by atoms with Crippen molar-refractivity contribution in [3.8, 4) is 11.5 Å². The maximum absolute atomic E-state index is 10.3. The third-order valence-corrected chi connectivity index (χ3v) is 4.26. The molecule has 0 heterocycles. The number of hydrogen-bond acceptors (Lipinski definition) is 4. The number of aliphatic hydroxyl groups excluding tert-OH is 1. The van der Waals surface area contributed by atoms with E-state index in [-0.39, 0.29) is 18.4 Å². The Morgan fingerprint density at radius 3 is 2.40 bits per heavy atom. The number of benzene rings is 2. The van der Waals surface area contributed by atoms with Crippen LogP contribution in [0.5, 0.6) is 11.5 Å². The molecule has 0 aromatic heterocycles. The Kier molecular flexibility index (Phi) is 9.08. The molecule has 0 aliphatic rings. The summed E-state index contributed by atoms with van der Waals surface area (Å²) in [5.74, 6) is 1.44. The van der Waals surface area contributed by atoms with Gasteiger partial charge in [0.05, 0.1) is 20.3 Å². The van der Waals surface area contributed by atoms with Crippen molar-refractivity contribution in [3.05, 3.63) is 58.6 Å². The first-order valence-electron chi connectivity index (χ1n) is 7.92. The van der Waals surface area contributed by atoms with E-state index in [1.807, 2.05) is 36.4 Å². The SMILES string of the molecule is COc1ccc(CC(C)NCC(O)c2ccccc2Cl)cc1OC.Cl. The van der Waals surface area contributed by atoms with Crippen LogP contribution >= 0.6 is 24.0 Å². The van der Waals surface area contributed by atoms with Gasteiger partial charge < -0.3 is 19.9 Å². The van der Waals surface area contributed by atoms with Gasteiger partial charge in [0.15, 0.2) is 11.5 Å². The third kappa shape index (κ3) is 6.08. The lowest BCUT2D eigenvalue weighted by atomic mass is 10.1. The Balaban J connectivity index is 0.00000312. The van der Waals surface area contributed by atoms with Crippen LogP contribution in [0.1, 0.15) is 24.2 Å². The van der Waals surface area contributed by atoms with Crippen LogP contribution in [0.25, 0.3) is 0 Å². The number of methoxy groups -OCH3 is 2. The van der Waals surface area contributed by atoms with E-state index in [1.165, 1.54) is 0 Å². The third-order valence-electron chi connectivity index (χ3n) is 3.91. The Bertz CT molecular complexity index is 667. The summed E-state index contributed by atoms with van der Waals surface area (Å²) in [6.07, 6.45) is 0.182. The molecule has 0 radical (unpaired) electrons. The summed E-state index contributed by atoms with van der Waals surface area (Å²) < 4.78 is 10.6. The molecule has 6 heteroatoms. The van der Waals surface area contributed by atoms with Gasteiger partial charge >= 0.3 is 0 Å². The fourth-order valence-corrected chi connectivity index (χ4v) is 2.86. The molecular formula is C19H25Cl2NO3. The zero-order chi connectivity index (χ0) is 17.5. The molecule has 0 aliphatic carbocycles. The zero-order valence-corrected chi connectivity index (χ0v) is 16.2. The van der Waals surface area contributed by atoms with Gasteiger partial charge in [-0.1, -0.05) is 35.9 Å². The molecule has 0 saturated carbocycles. The number of halogens is 2. The topological polar surface area (TPSA) is 50.7 Å². The van der Waals surface area contributed by atoms with Crippen molar-refractivity contribution in [1.82, 2.24) is 5.32 Å². The van der Waals surface area contributed by atoms with Crippen molar-refractivity contribution < 1.29 is 14.6 Å². The van der Waals surface area contributed by atoms with E-state index >= 15 is 0 Å². The lowest BCUT2D eigenvalue weighted by molar-refractivity contribution is 0.170. The molecule has 138 valence electrons. The van der Waals surface area contributed by atoms with Crippen molar-refractivity contribution >= 4 is 24.0 Å². The lowest BCUT2D eigenvalue weighted by Gasteiger charge is -2.19. The zero-order valence-electron chi connectivity index (χ0n) is 14.7. The molecule has 0 spiro atoms. The molecule has 2 rings (SSSR count). The van der Waals surface area contributed by atoms with Gasteiger partial charge in [0.25, 0.3) is 0 Å². The van der Waals surface area contributed by atoms with Crippen molar-refractivity contribution in [2.75, 3.05) is 20.8 Å². The van der Waals surface area contributed by atoms with Gasteiger partial charge in [-0.25, -0.2) is 0 Å². The van der Waals surface area contributed by atoms with Crippen LogP contribution in [0.3, 0.4) is 0 Å². The van der Waals surface area contributed by atoms with Gasteiger partial charge in [0.1, 0.15) is 0 Å². The van der Waals surface area contributed by atoms with E-state index in [9.17, 15) is 5.11 Å². The molecule has 0 bridgehead atoms. The highest BCUT2D eigenvalue weighted by atomic mass is 35.5. The number of rotatable bonds is 8. The Hall–Kier alpha value is -1.46. The standard InChI is InChI=1S/C19H24ClNO3.ClH/c1-13(10-14-8-9-18(23-2)19(11-14)24-3)21-12-17(22)15-6-4-5-7-16(15)20;/h4-9,11,13,17,21-22H,10,12H2,1-3H3;1H.